The molecule has 0 unspecified atom stereocenters. The molecule has 0 aliphatic carbocycles. The van der Waals surface area contributed by atoms with Gasteiger partial charge in [0.15, 0.2) is 15.0 Å². The molecule has 1 heterocycles. The number of anilines is 1. The van der Waals surface area contributed by atoms with Gasteiger partial charge in [0.05, 0.1) is 15.1 Å². The predicted molar refractivity (Wildman–Crippen MR) is 126 cm³/mol. The number of nitrogens with zero attached hydrogens (tertiary/aromatic N) is 3. The number of hydrogen-bond donors (Lipinski definition) is 0. The number of rotatable bonds is 8. The number of sulfone groups is 1. The first-order chi connectivity index (χ1) is 14.2. The average Bonchev–Trinajstić information content (AvgIpc) is 3.10. The third-order valence-electron chi connectivity index (χ3n) is 4.64. The Hall–Kier alpha value is -2.07. The van der Waals surface area contributed by atoms with Crippen molar-refractivity contribution in [3.63, 3.8) is 0 Å². The first-order valence-electron chi connectivity index (χ1n) is 9.52. The van der Waals surface area contributed by atoms with Gasteiger partial charge in [-0.2, -0.15) is 0 Å². The van der Waals surface area contributed by atoms with E-state index in [0.29, 0.717) is 18.2 Å². The fourth-order valence-corrected chi connectivity index (χ4v) is 5.16. The molecule has 1 aromatic heterocycles. The Kier molecular flexibility index (Phi) is 8.53. The molecular weight excluding hydrogens is 461 g/mol. The summed E-state index contributed by atoms with van der Waals surface area (Å²) in [6, 6.07) is 10.4. The zero-order valence-electron chi connectivity index (χ0n) is 17.5. The van der Waals surface area contributed by atoms with Gasteiger partial charge in [-0.05, 0) is 62.5 Å². The van der Waals surface area contributed by atoms with Gasteiger partial charge in [-0.3, -0.25) is 9.69 Å². The fraction of sp³-hybridized carbons (Fsp3) is 0.333. The van der Waals surface area contributed by atoms with E-state index in [9.17, 15) is 17.6 Å². The second kappa shape index (κ2) is 10.5. The summed E-state index contributed by atoms with van der Waals surface area (Å²) in [6.45, 7) is 2.93. The van der Waals surface area contributed by atoms with Crippen LogP contribution in [0.5, 0.6) is 0 Å². The van der Waals surface area contributed by atoms with E-state index in [-0.39, 0.29) is 17.3 Å². The molecule has 10 heteroatoms. The molecule has 0 radical (unpaired) electrons. The predicted octanol–water partition coefficient (Wildman–Crippen LogP) is 3.79. The minimum Gasteiger partial charge on any atom is -0.308 e. The van der Waals surface area contributed by atoms with E-state index in [0.717, 1.165) is 28.8 Å². The third kappa shape index (κ3) is 6.22. The molecule has 0 fully saturated rings. The molecule has 3 rings (SSSR count). The number of halogens is 2. The molecule has 0 atom stereocenters. The second-order valence-corrected chi connectivity index (χ2v) is 10.2. The molecule has 0 N–H and O–H groups in total. The molecule has 0 aliphatic rings. The molecular formula is C21H25ClFN3O3S2. The van der Waals surface area contributed by atoms with Gasteiger partial charge in [0.2, 0.25) is 5.91 Å². The van der Waals surface area contributed by atoms with Gasteiger partial charge in [0.25, 0.3) is 0 Å². The Bertz CT molecular complexity index is 1150. The number of carbonyl (C=O) groups excluding carboxylic acids is 1. The molecule has 0 saturated carbocycles. The topological polar surface area (TPSA) is 70.6 Å². The average molecular weight is 486 g/mol. The number of aromatic nitrogens is 1. The van der Waals surface area contributed by atoms with E-state index in [4.69, 9.17) is 0 Å². The first-order valence-corrected chi connectivity index (χ1v) is 12.0. The third-order valence-corrected chi connectivity index (χ3v) is 7.30. The van der Waals surface area contributed by atoms with Crippen molar-refractivity contribution >= 4 is 54.8 Å². The van der Waals surface area contributed by atoms with E-state index in [1.165, 1.54) is 33.9 Å². The summed E-state index contributed by atoms with van der Waals surface area (Å²) in [5, 5.41) is 0.472. The van der Waals surface area contributed by atoms with Crippen LogP contribution in [-0.2, 0) is 21.1 Å². The molecule has 31 heavy (non-hydrogen) atoms. The van der Waals surface area contributed by atoms with Crippen LogP contribution in [0, 0.1) is 5.82 Å². The van der Waals surface area contributed by atoms with E-state index in [1.54, 1.807) is 0 Å². The summed E-state index contributed by atoms with van der Waals surface area (Å²) >= 11 is 1.37. The Balaban J connectivity index is 0.00000341. The van der Waals surface area contributed by atoms with Gasteiger partial charge in [-0.25, -0.2) is 17.8 Å². The van der Waals surface area contributed by atoms with Gasteiger partial charge >= 0.3 is 0 Å². The van der Waals surface area contributed by atoms with E-state index >= 15 is 0 Å². The van der Waals surface area contributed by atoms with Gasteiger partial charge in [0.1, 0.15) is 11.6 Å². The SMILES string of the molecule is CCc1ccc2nc(N(CCN(C)C)C(=O)CS(=O)(=O)c3ccc(F)cc3)sc2c1.Cl. The lowest BCUT2D eigenvalue weighted by Gasteiger charge is -2.22. The highest BCUT2D eigenvalue weighted by Gasteiger charge is 2.26. The van der Waals surface area contributed by atoms with Crippen molar-refractivity contribution in [1.29, 1.82) is 0 Å². The van der Waals surface area contributed by atoms with Crippen molar-refractivity contribution in [2.45, 2.75) is 18.2 Å². The smallest absolute Gasteiger partial charge is 0.244 e. The number of fused-ring (bicyclic) bond motifs is 1. The van der Waals surface area contributed by atoms with Crippen LogP contribution in [0.15, 0.2) is 47.4 Å². The maximum atomic E-state index is 13.1. The van der Waals surface area contributed by atoms with Crippen LogP contribution in [0.2, 0.25) is 0 Å². The van der Waals surface area contributed by atoms with E-state index in [1.807, 2.05) is 37.2 Å². The van der Waals surface area contributed by atoms with Crippen molar-refractivity contribution in [2.24, 2.45) is 0 Å². The zero-order valence-corrected chi connectivity index (χ0v) is 20.0. The minimum atomic E-state index is -3.90. The van der Waals surface area contributed by atoms with Crippen LogP contribution in [0.3, 0.4) is 0 Å². The summed E-state index contributed by atoms with van der Waals surface area (Å²) in [5.74, 6) is -1.80. The summed E-state index contributed by atoms with van der Waals surface area (Å²) in [5.41, 5.74) is 1.94. The first kappa shape index (κ1) is 25.2. The van der Waals surface area contributed by atoms with Gasteiger partial charge in [0, 0.05) is 13.1 Å². The quantitative estimate of drug-likeness (QED) is 0.454. The number of benzene rings is 2. The fourth-order valence-electron chi connectivity index (χ4n) is 2.88. The minimum absolute atomic E-state index is 0. The molecule has 3 aromatic rings. The molecule has 0 bridgehead atoms. The Morgan fingerprint density at radius 2 is 1.77 bits per heavy atom. The van der Waals surface area contributed by atoms with Crippen LogP contribution < -0.4 is 4.90 Å². The highest BCUT2D eigenvalue weighted by Crippen LogP contribution is 2.30. The normalized spacial score (nSPS) is 11.5. The van der Waals surface area contributed by atoms with Crippen molar-refractivity contribution in [3.8, 4) is 0 Å². The zero-order chi connectivity index (χ0) is 21.9. The number of thiazole rings is 1. The molecule has 0 aliphatic heterocycles. The second-order valence-electron chi connectivity index (χ2n) is 7.21. The lowest BCUT2D eigenvalue weighted by atomic mass is 10.2. The van der Waals surface area contributed by atoms with E-state index in [2.05, 4.69) is 11.9 Å². The van der Waals surface area contributed by atoms with Crippen molar-refractivity contribution in [3.05, 3.63) is 53.8 Å². The maximum Gasteiger partial charge on any atom is 0.244 e. The van der Waals surface area contributed by atoms with Crippen LogP contribution in [0.1, 0.15) is 12.5 Å². The molecule has 1 amide bonds. The lowest BCUT2D eigenvalue weighted by Crippen LogP contribution is -2.40. The van der Waals surface area contributed by atoms with Gasteiger partial charge < -0.3 is 4.90 Å². The lowest BCUT2D eigenvalue weighted by molar-refractivity contribution is -0.116. The summed E-state index contributed by atoms with van der Waals surface area (Å²) in [7, 11) is -0.146. The van der Waals surface area contributed by atoms with Crippen LogP contribution in [-0.4, -0.2) is 57.1 Å². The number of likely N-dealkylation sites (N-methyl/N-ethyl adjacent to an activating group) is 1. The summed E-state index contributed by atoms with van der Waals surface area (Å²) in [4.78, 5) is 20.9. The van der Waals surface area contributed by atoms with Crippen molar-refractivity contribution in [2.75, 3.05) is 37.8 Å². The number of amides is 1. The summed E-state index contributed by atoms with van der Waals surface area (Å²) in [6.07, 6.45) is 0.891. The maximum absolute atomic E-state index is 13.1. The summed E-state index contributed by atoms with van der Waals surface area (Å²) < 4.78 is 39.5. The molecule has 0 saturated heterocycles. The Morgan fingerprint density at radius 3 is 2.39 bits per heavy atom. The molecule has 6 nitrogen and oxygen atoms in total. The van der Waals surface area contributed by atoms with E-state index < -0.39 is 27.3 Å². The number of aryl methyl sites for hydroxylation is 1. The highest BCUT2D eigenvalue weighted by atomic mass is 35.5. The number of carbonyl (C=O) groups is 1. The van der Waals surface area contributed by atoms with Crippen molar-refractivity contribution in [1.82, 2.24) is 9.88 Å². The molecule has 168 valence electrons. The van der Waals surface area contributed by atoms with Crippen molar-refractivity contribution < 1.29 is 17.6 Å². The van der Waals surface area contributed by atoms with Crippen LogP contribution in [0.4, 0.5) is 9.52 Å². The number of hydrogen-bond acceptors (Lipinski definition) is 6. The highest BCUT2D eigenvalue weighted by molar-refractivity contribution is 7.92. The van der Waals surface area contributed by atoms with Gasteiger partial charge in [-0.15, -0.1) is 12.4 Å². The Labute approximate surface area is 192 Å². The largest absolute Gasteiger partial charge is 0.308 e. The molecule has 0 spiro atoms. The van der Waals surface area contributed by atoms with Crippen LogP contribution in [0.25, 0.3) is 10.2 Å². The monoisotopic (exact) mass is 485 g/mol. The van der Waals surface area contributed by atoms with Crippen LogP contribution >= 0.6 is 23.7 Å². The molecule has 2 aromatic carbocycles. The standard InChI is InChI=1S/C21H24FN3O3S2.ClH/c1-4-15-5-10-18-19(13-15)29-21(23-18)25(12-11-24(2)3)20(26)14-30(27,28)17-8-6-16(22)7-9-17;/h5-10,13H,4,11-12,14H2,1-3H3;1H. The van der Waals surface area contributed by atoms with Gasteiger partial charge in [-0.1, -0.05) is 24.3 Å². The Morgan fingerprint density at radius 1 is 1.10 bits per heavy atom.